The first-order chi connectivity index (χ1) is 16.7. The van der Waals surface area contributed by atoms with Crippen molar-refractivity contribution in [2.75, 3.05) is 7.11 Å². The second kappa shape index (κ2) is 9.97. The van der Waals surface area contributed by atoms with Gasteiger partial charge in [-0.3, -0.25) is 14.5 Å². The van der Waals surface area contributed by atoms with Crippen LogP contribution in [0.4, 0.5) is 4.79 Å². The van der Waals surface area contributed by atoms with Gasteiger partial charge in [0, 0.05) is 0 Å². The Morgan fingerprint density at radius 3 is 2.14 bits per heavy atom. The lowest BCUT2D eigenvalue weighted by atomic mass is 10.1. The predicted octanol–water partition coefficient (Wildman–Crippen LogP) is 5.32. The Balaban J connectivity index is 1.58. The lowest BCUT2D eigenvalue weighted by Crippen LogP contribution is -2.27. The zero-order valence-corrected chi connectivity index (χ0v) is 21.0. The van der Waals surface area contributed by atoms with Crippen molar-refractivity contribution < 1.29 is 26.9 Å². The van der Waals surface area contributed by atoms with Crippen LogP contribution < -0.4 is 8.92 Å². The molecule has 0 aromatic heterocycles. The van der Waals surface area contributed by atoms with E-state index in [1.165, 1.54) is 36.3 Å². The molecule has 0 bridgehead atoms. The van der Waals surface area contributed by atoms with Crippen LogP contribution in [0, 0.1) is 13.8 Å². The van der Waals surface area contributed by atoms with Gasteiger partial charge >= 0.3 is 10.1 Å². The fraction of sp³-hybridized carbons (Fsp3) is 0.154. The minimum atomic E-state index is -4.11. The fourth-order valence-electron chi connectivity index (χ4n) is 3.38. The summed E-state index contributed by atoms with van der Waals surface area (Å²) in [7, 11) is -2.71. The normalized spacial score (nSPS) is 15.1. The number of benzene rings is 3. The molecule has 0 radical (unpaired) electrons. The molecule has 1 aliphatic rings. The molecule has 0 saturated carbocycles. The summed E-state index contributed by atoms with van der Waals surface area (Å²) in [6, 6.07) is 18.5. The van der Waals surface area contributed by atoms with E-state index in [0.717, 1.165) is 28.5 Å². The fourth-order valence-corrected chi connectivity index (χ4v) is 5.15. The summed E-state index contributed by atoms with van der Waals surface area (Å²) < 4.78 is 36.2. The summed E-state index contributed by atoms with van der Waals surface area (Å²) in [4.78, 5) is 26.8. The molecule has 0 atom stereocenters. The van der Waals surface area contributed by atoms with Gasteiger partial charge in [0.05, 0.1) is 18.6 Å². The summed E-state index contributed by atoms with van der Waals surface area (Å²) in [6.07, 6.45) is 1.53. The Bertz CT molecular complexity index is 1410. The largest absolute Gasteiger partial charge is 0.493 e. The first kappa shape index (κ1) is 24.6. The Hall–Kier alpha value is -3.56. The molecule has 1 saturated heterocycles. The summed E-state index contributed by atoms with van der Waals surface area (Å²) >= 11 is 0.834. The standard InChI is InChI=1S/C26H23NO6S2/c1-17-4-8-19(9-5-17)16-27-25(28)24(34-26(27)29)15-20-10-13-22(32-3)23(14-20)33-35(30,31)21-11-6-18(2)7-12-21/h4-15H,16H2,1-3H3/b24-15-. The SMILES string of the molecule is COc1ccc(/C=C2\SC(=O)N(Cc3ccc(C)cc3)C2=O)cc1OS(=O)(=O)c1ccc(C)cc1. The number of aryl methyl sites for hydroxylation is 2. The van der Waals surface area contributed by atoms with Crippen LogP contribution in [0.25, 0.3) is 6.08 Å². The molecule has 35 heavy (non-hydrogen) atoms. The number of rotatable bonds is 7. The summed E-state index contributed by atoms with van der Waals surface area (Å²) in [5, 5.41) is -0.367. The van der Waals surface area contributed by atoms with Crippen molar-refractivity contribution in [3.8, 4) is 11.5 Å². The molecule has 3 aromatic carbocycles. The second-order valence-corrected chi connectivity index (χ2v) is 10.6. The van der Waals surface area contributed by atoms with E-state index in [1.54, 1.807) is 24.3 Å². The van der Waals surface area contributed by atoms with Gasteiger partial charge in [-0.05, 0) is 67.1 Å². The number of methoxy groups -OCH3 is 1. The lowest BCUT2D eigenvalue weighted by molar-refractivity contribution is -0.123. The number of ether oxygens (including phenoxy) is 1. The van der Waals surface area contributed by atoms with E-state index in [0.29, 0.717) is 5.56 Å². The lowest BCUT2D eigenvalue weighted by Gasteiger charge is -2.13. The molecule has 1 aliphatic heterocycles. The highest BCUT2D eigenvalue weighted by atomic mass is 32.2. The third kappa shape index (κ3) is 5.58. The van der Waals surface area contributed by atoms with E-state index in [4.69, 9.17) is 8.92 Å². The quantitative estimate of drug-likeness (QED) is 0.315. The smallest absolute Gasteiger partial charge is 0.339 e. The van der Waals surface area contributed by atoms with E-state index in [1.807, 2.05) is 38.1 Å². The number of thioether (sulfide) groups is 1. The minimum absolute atomic E-state index is 0.00720. The van der Waals surface area contributed by atoms with E-state index in [9.17, 15) is 18.0 Å². The Morgan fingerprint density at radius 1 is 0.886 bits per heavy atom. The van der Waals surface area contributed by atoms with Crippen LogP contribution in [-0.4, -0.2) is 31.6 Å². The number of amides is 2. The maximum Gasteiger partial charge on any atom is 0.339 e. The highest BCUT2D eigenvalue weighted by molar-refractivity contribution is 8.18. The number of imide groups is 1. The van der Waals surface area contributed by atoms with Crippen LogP contribution in [0.2, 0.25) is 0 Å². The average Bonchev–Trinajstić information content (AvgIpc) is 3.08. The van der Waals surface area contributed by atoms with Gasteiger partial charge in [-0.15, -0.1) is 0 Å². The molecular weight excluding hydrogens is 486 g/mol. The van der Waals surface area contributed by atoms with Gasteiger partial charge in [0.2, 0.25) is 0 Å². The van der Waals surface area contributed by atoms with Gasteiger partial charge in [-0.25, -0.2) is 0 Å². The molecule has 1 heterocycles. The molecule has 180 valence electrons. The Kier molecular flexibility index (Phi) is 7.00. The minimum Gasteiger partial charge on any atom is -0.493 e. The van der Waals surface area contributed by atoms with Crippen LogP contribution in [0.3, 0.4) is 0 Å². The molecule has 9 heteroatoms. The van der Waals surface area contributed by atoms with Gasteiger partial charge in [0.1, 0.15) is 4.90 Å². The average molecular weight is 510 g/mol. The van der Waals surface area contributed by atoms with Gasteiger partial charge < -0.3 is 8.92 Å². The van der Waals surface area contributed by atoms with Crippen molar-refractivity contribution in [2.45, 2.75) is 25.3 Å². The number of carbonyl (C=O) groups excluding carboxylic acids is 2. The van der Waals surface area contributed by atoms with E-state index >= 15 is 0 Å². The molecule has 1 fully saturated rings. The van der Waals surface area contributed by atoms with Gasteiger partial charge in [-0.1, -0.05) is 53.6 Å². The Labute approximate surface area is 208 Å². The number of carbonyl (C=O) groups is 2. The van der Waals surface area contributed by atoms with Crippen molar-refractivity contribution in [2.24, 2.45) is 0 Å². The second-order valence-electron chi connectivity index (χ2n) is 8.01. The number of nitrogens with zero attached hydrogens (tertiary/aromatic N) is 1. The van der Waals surface area contributed by atoms with Crippen LogP contribution in [0.15, 0.2) is 76.5 Å². The van der Waals surface area contributed by atoms with Crippen molar-refractivity contribution in [3.05, 3.63) is 93.9 Å². The molecule has 0 unspecified atom stereocenters. The molecule has 3 aromatic rings. The van der Waals surface area contributed by atoms with Crippen molar-refractivity contribution in [1.29, 1.82) is 0 Å². The van der Waals surface area contributed by atoms with E-state index in [-0.39, 0.29) is 33.1 Å². The topological polar surface area (TPSA) is 90.0 Å². The molecule has 0 aliphatic carbocycles. The van der Waals surface area contributed by atoms with Crippen molar-refractivity contribution in [1.82, 2.24) is 4.90 Å². The van der Waals surface area contributed by atoms with Crippen LogP contribution in [0.1, 0.15) is 22.3 Å². The summed E-state index contributed by atoms with van der Waals surface area (Å²) in [5.74, 6) is -0.225. The van der Waals surface area contributed by atoms with Gasteiger partial charge in [0.25, 0.3) is 11.1 Å². The van der Waals surface area contributed by atoms with Crippen LogP contribution >= 0.6 is 11.8 Å². The molecular formula is C26H23NO6S2. The zero-order chi connectivity index (χ0) is 25.2. The molecule has 2 amide bonds. The van der Waals surface area contributed by atoms with Gasteiger partial charge in [0.15, 0.2) is 11.5 Å². The highest BCUT2D eigenvalue weighted by Gasteiger charge is 2.35. The van der Waals surface area contributed by atoms with E-state index < -0.39 is 16.0 Å². The third-order valence-corrected chi connectivity index (χ3v) is 7.49. The monoisotopic (exact) mass is 509 g/mol. The Morgan fingerprint density at radius 2 is 1.51 bits per heavy atom. The molecule has 4 rings (SSSR count). The molecule has 0 spiro atoms. The first-order valence-electron chi connectivity index (χ1n) is 10.7. The van der Waals surface area contributed by atoms with Gasteiger partial charge in [-0.2, -0.15) is 8.42 Å². The predicted molar refractivity (Wildman–Crippen MR) is 135 cm³/mol. The third-order valence-electron chi connectivity index (χ3n) is 5.33. The first-order valence-corrected chi connectivity index (χ1v) is 12.9. The maximum absolute atomic E-state index is 12.9. The maximum atomic E-state index is 12.9. The molecule has 0 N–H and O–H groups in total. The summed E-state index contributed by atoms with van der Waals surface area (Å²) in [6.45, 7) is 3.99. The number of hydrogen-bond acceptors (Lipinski definition) is 7. The molecule has 7 nitrogen and oxygen atoms in total. The van der Waals surface area contributed by atoms with Crippen molar-refractivity contribution in [3.63, 3.8) is 0 Å². The zero-order valence-electron chi connectivity index (χ0n) is 19.3. The van der Waals surface area contributed by atoms with Crippen LogP contribution in [0.5, 0.6) is 11.5 Å². The highest BCUT2D eigenvalue weighted by Crippen LogP contribution is 2.36. The van der Waals surface area contributed by atoms with Crippen molar-refractivity contribution >= 4 is 39.1 Å². The summed E-state index contributed by atoms with van der Waals surface area (Å²) in [5.41, 5.74) is 3.34. The number of hydrogen-bond donors (Lipinski definition) is 0. The van der Waals surface area contributed by atoms with Crippen LogP contribution in [-0.2, 0) is 21.5 Å². The van der Waals surface area contributed by atoms with E-state index in [2.05, 4.69) is 0 Å².